The first-order valence-electron chi connectivity index (χ1n) is 11.3. The lowest BCUT2D eigenvalue weighted by Gasteiger charge is -2.27. The number of sulfonamides is 1. The lowest BCUT2D eigenvalue weighted by atomic mass is 9.99. The Labute approximate surface area is 217 Å². The van der Waals surface area contributed by atoms with Gasteiger partial charge in [0.25, 0.3) is 10.0 Å². The number of benzene rings is 3. The summed E-state index contributed by atoms with van der Waals surface area (Å²) in [5.41, 5.74) is 2.13. The summed E-state index contributed by atoms with van der Waals surface area (Å²) in [5, 5.41) is 14.9. The number of ether oxygens (including phenoxy) is 1. The molecule has 0 saturated carbocycles. The maximum absolute atomic E-state index is 14.3. The number of hydrazone groups is 1. The second-order valence-corrected chi connectivity index (χ2v) is 10.6. The van der Waals surface area contributed by atoms with E-state index in [9.17, 15) is 22.7 Å². The predicted octanol–water partition coefficient (Wildman–Crippen LogP) is 4.66. The van der Waals surface area contributed by atoms with Gasteiger partial charge in [-0.15, -0.1) is 0 Å². The van der Waals surface area contributed by atoms with E-state index >= 15 is 0 Å². The van der Waals surface area contributed by atoms with E-state index in [0.29, 0.717) is 44.2 Å². The number of halogens is 2. The lowest BCUT2D eigenvalue weighted by molar-refractivity contribution is -0.137. The van der Waals surface area contributed by atoms with Crippen molar-refractivity contribution in [2.75, 3.05) is 13.2 Å². The summed E-state index contributed by atoms with van der Waals surface area (Å²) < 4.78 is 49.4. The van der Waals surface area contributed by atoms with Crippen molar-refractivity contribution >= 4 is 44.2 Å². The van der Waals surface area contributed by atoms with Crippen molar-refractivity contribution in [3.8, 4) is 5.75 Å². The summed E-state index contributed by atoms with van der Waals surface area (Å²) in [7, 11) is -4.00. The molecule has 0 fully saturated rings. The molecule has 1 aromatic heterocycles. The van der Waals surface area contributed by atoms with Gasteiger partial charge >= 0.3 is 5.97 Å². The molecule has 3 aromatic carbocycles. The number of rotatable bonds is 7. The zero-order chi connectivity index (χ0) is 26.3. The fourth-order valence-corrected chi connectivity index (χ4v) is 5.99. The van der Waals surface area contributed by atoms with Gasteiger partial charge in [0.1, 0.15) is 30.4 Å². The van der Waals surface area contributed by atoms with Crippen molar-refractivity contribution in [2.24, 2.45) is 5.10 Å². The Morgan fingerprint density at radius 3 is 2.57 bits per heavy atom. The molecule has 2 heterocycles. The minimum absolute atomic E-state index is 0.00813. The molecule has 0 aliphatic carbocycles. The molecule has 11 heteroatoms. The third-order valence-corrected chi connectivity index (χ3v) is 8.07. The number of carboxylic acid groups (broad SMARTS) is 1. The Hall–Kier alpha value is -3.89. The highest BCUT2D eigenvalue weighted by Crippen LogP contribution is 2.35. The van der Waals surface area contributed by atoms with Crippen molar-refractivity contribution in [2.45, 2.75) is 18.4 Å². The summed E-state index contributed by atoms with van der Waals surface area (Å²) in [6, 6.07) is 17.2. The highest BCUT2D eigenvalue weighted by atomic mass is 35.5. The smallest absolute Gasteiger partial charge is 0.323 e. The second kappa shape index (κ2) is 9.53. The average Bonchev–Trinajstić information content (AvgIpc) is 3.11. The first-order valence-corrected chi connectivity index (χ1v) is 13.1. The molecule has 0 saturated heterocycles. The molecule has 1 N–H and O–H groups in total. The summed E-state index contributed by atoms with van der Waals surface area (Å²) in [5.74, 6) is -1.05. The number of carboxylic acids is 1. The van der Waals surface area contributed by atoms with Gasteiger partial charge in [0, 0.05) is 32.7 Å². The number of aliphatic carboxylic acids is 1. The predicted molar refractivity (Wildman–Crippen MR) is 137 cm³/mol. The highest BCUT2D eigenvalue weighted by molar-refractivity contribution is 7.89. The molecule has 1 aliphatic heterocycles. The molecule has 37 heavy (non-hydrogen) atoms. The van der Waals surface area contributed by atoms with Crippen LogP contribution in [0.5, 0.6) is 5.75 Å². The van der Waals surface area contributed by atoms with Gasteiger partial charge in [-0.3, -0.25) is 4.79 Å². The van der Waals surface area contributed by atoms with E-state index in [1.54, 1.807) is 54.0 Å². The molecule has 0 unspecified atom stereocenters. The summed E-state index contributed by atoms with van der Waals surface area (Å²) in [6.45, 7) is 1.27. The van der Waals surface area contributed by atoms with Gasteiger partial charge in [-0.05, 0) is 55.5 Å². The fraction of sp³-hybridized carbons (Fsp3) is 0.154. The standard InChI is InChI=1S/C26H21ClFN3O5S/c1-16-25(21-14-18(28)8-11-22(21)30(16)15-24(32)33)26-20-4-2-3-5-23(20)37(34,35)31(29-26)12-13-36-19-9-6-17(27)7-10-19/h2-11,14H,12-13,15H2,1H3,(H,32,33). The van der Waals surface area contributed by atoms with E-state index in [4.69, 9.17) is 16.3 Å². The van der Waals surface area contributed by atoms with E-state index in [1.807, 2.05) is 0 Å². The third-order valence-electron chi connectivity index (χ3n) is 6.09. The number of nitrogens with zero attached hydrogens (tertiary/aromatic N) is 3. The minimum atomic E-state index is -4.00. The van der Waals surface area contributed by atoms with Crippen LogP contribution in [0, 0.1) is 12.7 Å². The van der Waals surface area contributed by atoms with Gasteiger partial charge in [0.15, 0.2) is 0 Å². The first-order chi connectivity index (χ1) is 17.7. The Morgan fingerprint density at radius 1 is 1.11 bits per heavy atom. The number of hydrogen-bond acceptors (Lipinski definition) is 5. The molecule has 1 aliphatic rings. The summed E-state index contributed by atoms with van der Waals surface area (Å²) in [6.07, 6.45) is 0. The number of fused-ring (bicyclic) bond motifs is 2. The normalized spacial score (nSPS) is 14.4. The highest BCUT2D eigenvalue weighted by Gasteiger charge is 2.35. The van der Waals surface area contributed by atoms with Crippen LogP contribution in [0.15, 0.2) is 76.7 Å². The van der Waals surface area contributed by atoms with Crippen LogP contribution in [0.1, 0.15) is 16.8 Å². The SMILES string of the molecule is Cc1c(C2=NN(CCOc3ccc(Cl)cc3)S(=O)(=O)c3ccccc32)c2cc(F)ccc2n1CC(=O)O. The zero-order valence-electron chi connectivity index (χ0n) is 19.6. The first kappa shape index (κ1) is 24.8. The van der Waals surface area contributed by atoms with Crippen molar-refractivity contribution in [3.05, 3.63) is 94.4 Å². The quantitative estimate of drug-likeness (QED) is 0.366. The third kappa shape index (κ3) is 4.54. The molecule has 0 atom stereocenters. The summed E-state index contributed by atoms with van der Waals surface area (Å²) >= 11 is 5.90. The van der Waals surface area contributed by atoms with Crippen LogP contribution in [0.25, 0.3) is 10.9 Å². The van der Waals surface area contributed by atoms with Crippen LogP contribution in [0.4, 0.5) is 4.39 Å². The van der Waals surface area contributed by atoms with Gasteiger partial charge in [0.2, 0.25) is 0 Å². The van der Waals surface area contributed by atoms with E-state index in [-0.39, 0.29) is 24.6 Å². The van der Waals surface area contributed by atoms with Crippen molar-refractivity contribution < 1.29 is 27.4 Å². The van der Waals surface area contributed by atoms with E-state index in [1.165, 1.54) is 24.3 Å². The van der Waals surface area contributed by atoms with Gasteiger partial charge < -0.3 is 14.4 Å². The molecule has 0 radical (unpaired) electrons. The largest absolute Gasteiger partial charge is 0.492 e. The molecule has 4 aromatic rings. The number of carbonyl (C=O) groups is 1. The Bertz CT molecular complexity index is 1670. The topological polar surface area (TPSA) is 101 Å². The minimum Gasteiger partial charge on any atom is -0.492 e. The van der Waals surface area contributed by atoms with Crippen LogP contribution in [0.3, 0.4) is 0 Å². The molecule has 0 spiro atoms. The van der Waals surface area contributed by atoms with Crippen LogP contribution in [-0.2, 0) is 21.4 Å². The Morgan fingerprint density at radius 2 is 1.84 bits per heavy atom. The van der Waals surface area contributed by atoms with Gasteiger partial charge in [0.05, 0.1) is 11.4 Å². The van der Waals surface area contributed by atoms with E-state index in [0.717, 1.165) is 4.41 Å². The van der Waals surface area contributed by atoms with Crippen molar-refractivity contribution in [1.82, 2.24) is 8.98 Å². The molecule has 0 bridgehead atoms. The summed E-state index contributed by atoms with van der Waals surface area (Å²) in [4.78, 5) is 11.6. The molecular weight excluding hydrogens is 521 g/mol. The maximum atomic E-state index is 14.3. The van der Waals surface area contributed by atoms with Gasteiger partial charge in [-0.2, -0.15) is 17.9 Å². The Balaban J connectivity index is 1.62. The number of aromatic nitrogens is 1. The van der Waals surface area contributed by atoms with Crippen molar-refractivity contribution in [1.29, 1.82) is 0 Å². The number of hydrogen-bond donors (Lipinski definition) is 1. The van der Waals surface area contributed by atoms with Crippen LogP contribution >= 0.6 is 11.6 Å². The van der Waals surface area contributed by atoms with Crippen molar-refractivity contribution in [3.63, 3.8) is 0 Å². The molecule has 190 valence electrons. The van der Waals surface area contributed by atoms with Gasteiger partial charge in [-0.1, -0.05) is 29.8 Å². The molecular formula is C26H21ClFN3O5S. The fourth-order valence-electron chi connectivity index (χ4n) is 4.44. The van der Waals surface area contributed by atoms with Crippen LogP contribution in [-0.4, -0.2) is 47.3 Å². The monoisotopic (exact) mass is 541 g/mol. The lowest BCUT2D eigenvalue weighted by Crippen LogP contribution is -2.36. The van der Waals surface area contributed by atoms with E-state index < -0.39 is 21.8 Å². The van der Waals surface area contributed by atoms with Crippen LogP contribution in [0.2, 0.25) is 5.02 Å². The molecule has 0 amide bonds. The average molecular weight is 542 g/mol. The maximum Gasteiger partial charge on any atom is 0.323 e. The zero-order valence-corrected chi connectivity index (χ0v) is 21.1. The molecule has 8 nitrogen and oxygen atoms in total. The Kier molecular flexibility index (Phi) is 6.38. The van der Waals surface area contributed by atoms with Crippen LogP contribution < -0.4 is 4.74 Å². The van der Waals surface area contributed by atoms with E-state index in [2.05, 4.69) is 5.10 Å². The molecule has 5 rings (SSSR count). The second-order valence-electron chi connectivity index (χ2n) is 8.40. The van der Waals surface area contributed by atoms with Gasteiger partial charge in [-0.25, -0.2) is 4.39 Å².